The molecule has 0 saturated carbocycles. The molecular weight excluding hydrogens is 228 g/mol. The molecule has 3 heteroatoms. The third kappa shape index (κ3) is 4.70. The van der Waals surface area contributed by atoms with Gasteiger partial charge in [-0.05, 0) is 12.0 Å². The maximum atomic E-state index is 11.9. The maximum absolute atomic E-state index is 11.9. The molecule has 1 aromatic carbocycles. The van der Waals surface area contributed by atoms with Crippen LogP contribution < -0.4 is 0 Å². The van der Waals surface area contributed by atoms with Crippen molar-refractivity contribution in [3.05, 3.63) is 35.9 Å². The second-order valence-corrected chi connectivity index (χ2v) is 4.32. The van der Waals surface area contributed by atoms with Gasteiger partial charge in [-0.15, -0.1) is 0 Å². The lowest BCUT2D eigenvalue weighted by molar-refractivity contribution is -0.144. The molecule has 0 amide bonds. The minimum Gasteiger partial charge on any atom is -0.466 e. The normalized spacial score (nSPS) is 11.9. The van der Waals surface area contributed by atoms with E-state index in [2.05, 4.69) is 0 Å². The Bertz CT molecular complexity index is 384. The number of ether oxygens (including phenoxy) is 1. The van der Waals surface area contributed by atoms with Crippen molar-refractivity contribution in [2.45, 2.75) is 39.0 Å². The Morgan fingerprint density at radius 2 is 1.83 bits per heavy atom. The van der Waals surface area contributed by atoms with Gasteiger partial charge >= 0.3 is 5.97 Å². The molecule has 0 fully saturated rings. The fourth-order valence-corrected chi connectivity index (χ4v) is 1.66. The molecular formula is C15H20O3. The van der Waals surface area contributed by atoms with Crippen molar-refractivity contribution in [1.29, 1.82) is 0 Å². The predicted molar refractivity (Wildman–Crippen MR) is 70.3 cm³/mol. The third-order valence-corrected chi connectivity index (χ3v) is 2.83. The highest BCUT2D eigenvalue weighted by molar-refractivity contribution is 5.88. The number of hydrogen-bond donors (Lipinski definition) is 0. The smallest absolute Gasteiger partial charge is 0.306 e. The molecule has 0 spiro atoms. The summed E-state index contributed by atoms with van der Waals surface area (Å²) in [4.78, 5) is 23.2. The SMILES string of the molecule is CCCOC(=O)CCC(=O)C(C)c1ccccc1. The number of rotatable bonds is 7. The highest BCUT2D eigenvalue weighted by Gasteiger charge is 2.16. The van der Waals surface area contributed by atoms with Gasteiger partial charge in [0.15, 0.2) is 0 Å². The molecule has 0 aromatic heterocycles. The zero-order valence-electron chi connectivity index (χ0n) is 11.0. The van der Waals surface area contributed by atoms with Crippen molar-refractivity contribution in [1.82, 2.24) is 0 Å². The number of ketones is 1. The van der Waals surface area contributed by atoms with Gasteiger partial charge in [0.2, 0.25) is 0 Å². The van der Waals surface area contributed by atoms with E-state index in [1.165, 1.54) is 0 Å². The van der Waals surface area contributed by atoms with Gasteiger partial charge in [-0.25, -0.2) is 0 Å². The number of benzene rings is 1. The van der Waals surface area contributed by atoms with Crippen LogP contribution in [0.25, 0.3) is 0 Å². The molecule has 18 heavy (non-hydrogen) atoms. The van der Waals surface area contributed by atoms with E-state index in [-0.39, 0.29) is 30.5 Å². The second kappa shape index (κ2) is 7.64. The van der Waals surface area contributed by atoms with Crippen LogP contribution in [0, 0.1) is 0 Å². The summed E-state index contributed by atoms with van der Waals surface area (Å²) in [7, 11) is 0. The molecule has 3 nitrogen and oxygen atoms in total. The van der Waals surface area contributed by atoms with Crippen LogP contribution in [0.1, 0.15) is 44.6 Å². The fourth-order valence-electron chi connectivity index (χ4n) is 1.66. The Hall–Kier alpha value is -1.64. The van der Waals surface area contributed by atoms with Crippen LogP contribution in [0.2, 0.25) is 0 Å². The van der Waals surface area contributed by atoms with Crippen LogP contribution in [0.4, 0.5) is 0 Å². The van der Waals surface area contributed by atoms with Gasteiger partial charge in [0.05, 0.1) is 13.0 Å². The topological polar surface area (TPSA) is 43.4 Å². The highest BCUT2D eigenvalue weighted by atomic mass is 16.5. The van der Waals surface area contributed by atoms with E-state index in [1.807, 2.05) is 44.2 Å². The Morgan fingerprint density at radius 1 is 1.17 bits per heavy atom. The first-order valence-corrected chi connectivity index (χ1v) is 6.38. The van der Waals surface area contributed by atoms with Gasteiger partial charge in [-0.1, -0.05) is 44.2 Å². The van der Waals surface area contributed by atoms with Crippen molar-refractivity contribution in [2.24, 2.45) is 0 Å². The summed E-state index contributed by atoms with van der Waals surface area (Å²) >= 11 is 0. The first-order chi connectivity index (χ1) is 8.65. The first-order valence-electron chi connectivity index (χ1n) is 6.38. The van der Waals surface area contributed by atoms with Crippen LogP contribution in [-0.4, -0.2) is 18.4 Å². The number of esters is 1. The van der Waals surface area contributed by atoms with E-state index in [4.69, 9.17) is 4.74 Å². The van der Waals surface area contributed by atoms with Crippen LogP contribution >= 0.6 is 0 Å². The van der Waals surface area contributed by atoms with Crippen molar-refractivity contribution in [2.75, 3.05) is 6.61 Å². The molecule has 0 aliphatic carbocycles. The lowest BCUT2D eigenvalue weighted by Crippen LogP contribution is -2.13. The molecule has 0 heterocycles. The van der Waals surface area contributed by atoms with E-state index in [0.29, 0.717) is 6.61 Å². The van der Waals surface area contributed by atoms with E-state index in [1.54, 1.807) is 0 Å². The van der Waals surface area contributed by atoms with Gasteiger partial charge < -0.3 is 4.74 Å². The van der Waals surface area contributed by atoms with Crippen molar-refractivity contribution < 1.29 is 14.3 Å². The molecule has 98 valence electrons. The molecule has 1 unspecified atom stereocenters. The van der Waals surface area contributed by atoms with Gasteiger partial charge in [0.25, 0.3) is 0 Å². The predicted octanol–water partition coefficient (Wildman–Crippen LogP) is 3.09. The summed E-state index contributed by atoms with van der Waals surface area (Å²) < 4.78 is 4.94. The van der Waals surface area contributed by atoms with Crippen molar-refractivity contribution >= 4 is 11.8 Å². The fraction of sp³-hybridized carbons (Fsp3) is 0.467. The van der Waals surface area contributed by atoms with Gasteiger partial charge in [-0.3, -0.25) is 9.59 Å². The maximum Gasteiger partial charge on any atom is 0.306 e. The monoisotopic (exact) mass is 248 g/mol. The molecule has 1 aromatic rings. The van der Waals surface area contributed by atoms with Crippen molar-refractivity contribution in [3.63, 3.8) is 0 Å². The molecule has 1 atom stereocenters. The Kier molecular flexibility index (Phi) is 6.12. The zero-order chi connectivity index (χ0) is 13.4. The molecule has 0 bridgehead atoms. The Balaban J connectivity index is 2.39. The highest BCUT2D eigenvalue weighted by Crippen LogP contribution is 2.17. The average Bonchev–Trinajstić information content (AvgIpc) is 2.42. The van der Waals surface area contributed by atoms with Gasteiger partial charge in [0.1, 0.15) is 5.78 Å². The number of Topliss-reactive ketones (excluding diaryl/α,β-unsaturated/α-hetero) is 1. The van der Waals surface area contributed by atoms with Crippen LogP contribution in [0.15, 0.2) is 30.3 Å². The third-order valence-electron chi connectivity index (χ3n) is 2.83. The minimum absolute atomic E-state index is 0.0784. The van der Waals surface area contributed by atoms with Gasteiger partial charge in [0, 0.05) is 12.3 Å². The summed E-state index contributed by atoms with van der Waals surface area (Å²) in [6.45, 7) is 4.24. The Morgan fingerprint density at radius 3 is 2.44 bits per heavy atom. The molecule has 1 rings (SSSR count). The summed E-state index contributed by atoms with van der Waals surface area (Å²) in [6.07, 6.45) is 1.23. The molecule has 0 aliphatic heterocycles. The standard InChI is InChI=1S/C15H20O3/c1-3-11-18-15(17)10-9-14(16)12(2)13-7-5-4-6-8-13/h4-8,12H,3,9-11H2,1-2H3. The van der Waals surface area contributed by atoms with E-state index in [0.717, 1.165) is 12.0 Å². The quantitative estimate of drug-likeness (QED) is 0.696. The summed E-state index contributed by atoms with van der Waals surface area (Å²) in [5.41, 5.74) is 0.990. The minimum atomic E-state index is -0.287. The van der Waals surface area contributed by atoms with E-state index in [9.17, 15) is 9.59 Å². The van der Waals surface area contributed by atoms with Crippen LogP contribution in [0.3, 0.4) is 0 Å². The number of carbonyl (C=O) groups is 2. The lowest BCUT2D eigenvalue weighted by Gasteiger charge is -2.10. The van der Waals surface area contributed by atoms with E-state index < -0.39 is 0 Å². The molecule has 0 N–H and O–H groups in total. The molecule has 0 radical (unpaired) electrons. The molecule has 0 aliphatic rings. The summed E-state index contributed by atoms with van der Waals surface area (Å²) in [5.74, 6) is -0.370. The Labute approximate surface area is 108 Å². The average molecular weight is 248 g/mol. The summed E-state index contributed by atoms with van der Waals surface area (Å²) in [6, 6.07) is 9.60. The second-order valence-electron chi connectivity index (χ2n) is 4.32. The van der Waals surface area contributed by atoms with Crippen LogP contribution in [0.5, 0.6) is 0 Å². The number of carbonyl (C=O) groups excluding carboxylic acids is 2. The lowest BCUT2D eigenvalue weighted by atomic mass is 9.94. The van der Waals surface area contributed by atoms with Crippen molar-refractivity contribution in [3.8, 4) is 0 Å². The number of hydrogen-bond acceptors (Lipinski definition) is 3. The van der Waals surface area contributed by atoms with Crippen LogP contribution in [-0.2, 0) is 14.3 Å². The zero-order valence-corrected chi connectivity index (χ0v) is 11.0. The van der Waals surface area contributed by atoms with E-state index >= 15 is 0 Å². The van der Waals surface area contributed by atoms with Gasteiger partial charge in [-0.2, -0.15) is 0 Å². The largest absolute Gasteiger partial charge is 0.466 e. The first kappa shape index (κ1) is 14.4. The molecule has 0 saturated heterocycles. The summed E-state index contributed by atoms with van der Waals surface area (Å²) in [5, 5.41) is 0.